The molecular formula is C23H29N3O2. The Morgan fingerprint density at radius 2 is 1.93 bits per heavy atom. The molecule has 1 amide bonds. The van der Waals surface area contributed by atoms with Gasteiger partial charge in [0.05, 0.1) is 17.4 Å². The number of anilines is 1. The summed E-state index contributed by atoms with van der Waals surface area (Å²) in [7, 11) is 0. The molecule has 28 heavy (non-hydrogen) atoms. The van der Waals surface area contributed by atoms with Gasteiger partial charge in [0.1, 0.15) is 6.61 Å². The second-order valence-electron chi connectivity index (χ2n) is 8.05. The van der Waals surface area contributed by atoms with Crippen molar-refractivity contribution in [1.82, 2.24) is 10.3 Å². The zero-order valence-corrected chi connectivity index (χ0v) is 16.4. The summed E-state index contributed by atoms with van der Waals surface area (Å²) in [6.45, 7) is 2.49. The number of nitrogens with zero attached hydrogens (tertiary/aromatic N) is 1. The molecule has 2 N–H and O–H groups in total. The van der Waals surface area contributed by atoms with Crippen LogP contribution in [-0.2, 0) is 11.3 Å². The summed E-state index contributed by atoms with van der Waals surface area (Å²) >= 11 is 0. The molecule has 0 unspecified atom stereocenters. The van der Waals surface area contributed by atoms with Gasteiger partial charge in [-0.1, -0.05) is 56.5 Å². The van der Waals surface area contributed by atoms with E-state index in [-0.39, 0.29) is 24.7 Å². The van der Waals surface area contributed by atoms with E-state index < -0.39 is 0 Å². The van der Waals surface area contributed by atoms with Crippen LogP contribution in [0.1, 0.15) is 56.3 Å². The Bertz CT molecular complexity index is 789. The fourth-order valence-corrected chi connectivity index (χ4v) is 4.69. The van der Waals surface area contributed by atoms with E-state index in [9.17, 15) is 4.79 Å². The van der Waals surface area contributed by atoms with Crippen molar-refractivity contribution in [3.05, 3.63) is 59.9 Å². The van der Waals surface area contributed by atoms with Crippen LogP contribution >= 0.6 is 0 Å². The number of alkyl carbamates (subject to hydrolysis) is 1. The van der Waals surface area contributed by atoms with Crippen LogP contribution in [0.2, 0.25) is 0 Å². The number of ether oxygens (including phenoxy) is 1. The Kier molecular flexibility index (Phi) is 5.79. The molecule has 1 aromatic carbocycles. The predicted octanol–water partition coefficient (Wildman–Crippen LogP) is 5.06. The monoisotopic (exact) mass is 379 g/mol. The van der Waals surface area contributed by atoms with Crippen molar-refractivity contribution < 1.29 is 9.53 Å². The maximum absolute atomic E-state index is 12.5. The van der Waals surface area contributed by atoms with Gasteiger partial charge < -0.3 is 15.4 Å². The van der Waals surface area contributed by atoms with Crippen molar-refractivity contribution >= 4 is 11.8 Å². The number of nitrogens with one attached hydrogen (secondary N) is 2. The van der Waals surface area contributed by atoms with E-state index in [4.69, 9.17) is 4.74 Å². The highest BCUT2D eigenvalue weighted by atomic mass is 16.5. The van der Waals surface area contributed by atoms with Gasteiger partial charge in [-0.2, -0.15) is 0 Å². The first-order valence-corrected chi connectivity index (χ1v) is 10.4. The van der Waals surface area contributed by atoms with Crippen LogP contribution in [0.5, 0.6) is 0 Å². The highest BCUT2D eigenvalue weighted by Gasteiger charge is 2.39. The smallest absolute Gasteiger partial charge is 0.408 e. The van der Waals surface area contributed by atoms with Crippen LogP contribution in [0.15, 0.2) is 48.7 Å². The zero-order valence-electron chi connectivity index (χ0n) is 16.4. The minimum absolute atomic E-state index is 0.146. The molecule has 1 aliphatic carbocycles. The van der Waals surface area contributed by atoms with Crippen LogP contribution in [0.4, 0.5) is 10.5 Å². The quantitative estimate of drug-likeness (QED) is 0.779. The second kappa shape index (κ2) is 8.63. The third-order valence-electron chi connectivity index (χ3n) is 6.19. The van der Waals surface area contributed by atoms with Crippen molar-refractivity contribution in [1.29, 1.82) is 0 Å². The number of carbonyl (C=O) groups excluding carboxylic acids is 1. The molecule has 2 heterocycles. The molecule has 0 spiro atoms. The van der Waals surface area contributed by atoms with Gasteiger partial charge in [-0.25, -0.2) is 4.79 Å². The second-order valence-corrected chi connectivity index (χ2v) is 8.05. The number of pyridine rings is 1. The summed E-state index contributed by atoms with van der Waals surface area (Å²) in [5, 5.41) is 6.82. The SMILES string of the molecule is C[C@@H]1[C@@H](NC(=O)OCc2ccccc2)c2ncccc2N[C@H]1C1CCCCC1. The Morgan fingerprint density at radius 1 is 1.14 bits per heavy atom. The van der Waals surface area contributed by atoms with Crippen LogP contribution < -0.4 is 10.6 Å². The molecular weight excluding hydrogens is 350 g/mol. The molecule has 1 fully saturated rings. The van der Waals surface area contributed by atoms with E-state index >= 15 is 0 Å². The Labute approximate surface area is 166 Å². The molecule has 0 radical (unpaired) electrons. The normalized spacial score (nSPS) is 24.7. The largest absolute Gasteiger partial charge is 0.445 e. The topological polar surface area (TPSA) is 63.2 Å². The molecule has 1 aromatic heterocycles. The summed E-state index contributed by atoms with van der Waals surface area (Å²) in [5.41, 5.74) is 2.91. The van der Waals surface area contributed by atoms with Crippen molar-refractivity contribution in [2.45, 2.75) is 57.7 Å². The van der Waals surface area contributed by atoms with Crippen molar-refractivity contribution in [2.75, 3.05) is 5.32 Å². The van der Waals surface area contributed by atoms with Gasteiger partial charge in [-0.3, -0.25) is 4.98 Å². The van der Waals surface area contributed by atoms with E-state index in [1.54, 1.807) is 6.20 Å². The summed E-state index contributed by atoms with van der Waals surface area (Å²) in [5.74, 6) is 0.886. The molecule has 2 aromatic rings. The summed E-state index contributed by atoms with van der Waals surface area (Å²) in [6, 6.07) is 14.0. The average Bonchev–Trinajstić information content (AvgIpc) is 2.75. The third kappa shape index (κ3) is 4.13. The van der Waals surface area contributed by atoms with E-state index in [1.807, 2.05) is 36.4 Å². The number of carbonyl (C=O) groups is 1. The van der Waals surface area contributed by atoms with Gasteiger partial charge in [-0.15, -0.1) is 0 Å². The van der Waals surface area contributed by atoms with Crippen molar-refractivity contribution in [2.24, 2.45) is 11.8 Å². The highest BCUT2D eigenvalue weighted by molar-refractivity contribution is 5.69. The minimum atomic E-state index is -0.387. The molecule has 2 aliphatic rings. The Morgan fingerprint density at radius 3 is 2.71 bits per heavy atom. The third-order valence-corrected chi connectivity index (χ3v) is 6.19. The lowest BCUT2D eigenvalue weighted by molar-refractivity contribution is 0.127. The highest BCUT2D eigenvalue weighted by Crippen LogP contribution is 2.41. The standard InChI is InChI=1S/C23H29N3O2/c1-16-20(18-11-6-3-7-12-18)25-19-13-8-14-24-22(19)21(16)26-23(27)28-15-17-9-4-2-5-10-17/h2,4-5,8-10,13-14,16,18,20-21,25H,3,6-7,11-12,15H2,1H3,(H,26,27)/t16-,20+,21+/m0/s1. The van der Waals surface area contributed by atoms with Crippen LogP contribution in [0, 0.1) is 11.8 Å². The van der Waals surface area contributed by atoms with Gasteiger partial charge >= 0.3 is 6.09 Å². The molecule has 4 rings (SSSR count). The van der Waals surface area contributed by atoms with Crippen molar-refractivity contribution in [3.63, 3.8) is 0 Å². The minimum Gasteiger partial charge on any atom is -0.445 e. The number of aromatic nitrogens is 1. The molecule has 1 aliphatic heterocycles. The molecule has 0 bridgehead atoms. The number of benzene rings is 1. The summed E-state index contributed by atoms with van der Waals surface area (Å²) in [4.78, 5) is 17.1. The van der Waals surface area contributed by atoms with Crippen LogP contribution in [0.25, 0.3) is 0 Å². The van der Waals surface area contributed by atoms with Crippen molar-refractivity contribution in [3.8, 4) is 0 Å². The van der Waals surface area contributed by atoms with Gasteiger partial charge in [0.15, 0.2) is 0 Å². The lowest BCUT2D eigenvalue weighted by Crippen LogP contribution is -2.48. The number of hydrogen-bond acceptors (Lipinski definition) is 4. The first-order chi connectivity index (χ1) is 13.7. The lowest BCUT2D eigenvalue weighted by Gasteiger charge is -2.43. The number of fused-ring (bicyclic) bond motifs is 1. The lowest BCUT2D eigenvalue weighted by atomic mass is 9.74. The molecule has 3 atom stereocenters. The van der Waals surface area contributed by atoms with Gasteiger partial charge in [0.25, 0.3) is 0 Å². The average molecular weight is 380 g/mol. The van der Waals surface area contributed by atoms with E-state index in [2.05, 4.69) is 28.6 Å². The van der Waals surface area contributed by atoms with E-state index in [0.29, 0.717) is 12.0 Å². The Hall–Kier alpha value is -2.56. The fourth-order valence-electron chi connectivity index (χ4n) is 4.69. The number of amides is 1. The van der Waals surface area contributed by atoms with Gasteiger partial charge in [0.2, 0.25) is 0 Å². The fraction of sp³-hybridized carbons (Fsp3) is 0.478. The zero-order chi connectivity index (χ0) is 19.3. The predicted molar refractivity (Wildman–Crippen MR) is 110 cm³/mol. The molecule has 0 saturated heterocycles. The number of rotatable bonds is 4. The molecule has 5 heteroatoms. The van der Waals surface area contributed by atoms with E-state index in [1.165, 1.54) is 32.1 Å². The summed E-state index contributed by atoms with van der Waals surface area (Å²) in [6.07, 6.45) is 7.84. The maximum Gasteiger partial charge on any atom is 0.408 e. The summed E-state index contributed by atoms with van der Waals surface area (Å²) < 4.78 is 5.48. The molecule has 5 nitrogen and oxygen atoms in total. The first-order valence-electron chi connectivity index (χ1n) is 10.4. The van der Waals surface area contributed by atoms with Crippen LogP contribution in [-0.4, -0.2) is 17.1 Å². The van der Waals surface area contributed by atoms with Gasteiger partial charge in [-0.05, 0) is 36.5 Å². The molecule has 148 valence electrons. The maximum atomic E-state index is 12.5. The number of hydrogen-bond donors (Lipinski definition) is 2. The Balaban J connectivity index is 1.48. The van der Waals surface area contributed by atoms with Crippen LogP contribution in [0.3, 0.4) is 0 Å². The molecule has 1 saturated carbocycles. The van der Waals surface area contributed by atoms with Gasteiger partial charge in [0, 0.05) is 18.2 Å². The van der Waals surface area contributed by atoms with E-state index in [0.717, 1.165) is 16.9 Å². The first kappa shape index (κ1) is 18.8.